The van der Waals surface area contributed by atoms with Gasteiger partial charge in [0.25, 0.3) is 0 Å². The Bertz CT molecular complexity index is 230. The van der Waals surface area contributed by atoms with Crippen molar-refractivity contribution >= 4 is 0 Å². The van der Waals surface area contributed by atoms with Crippen molar-refractivity contribution in [2.45, 2.75) is 25.4 Å². The largest absolute Gasteiger partial charge is 0.394 e. The first kappa shape index (κ1) is 10.1. The summed E-state index contributed by atoms with van der Waals surface area (Å²) in [5.74, 6) is 0. The minimum atomic E-state index is -0.230. The Kier molecular flexibility index (Phi) is 3.39. The van der Waals surface area contributed by atoms with Crippen molar-refractivity contribution in [2.24, 2.45) is 0 Å². The van der Waals surface area contributed by atoms with E-state index >= 15 is 0 Å². The van der Waals surface area contributed by atoms with Gasteiger partial charge in [-0.25, -0.2) is 4.98 Å². The van der Waals surface area contributed by atoms with E-state index in [9.17, 15) is 0 Å². The zero-order chi connectivity index (χ0) is 9.73. The Morgan fingerprint density at radius 2 is 2.38 bits per heavy atom. The fourth-order valence-electron chi connectivity index (χ4n) is 0.993. The maximum absolute atomic E-state index is 9.11. The van der Waals surface area contributed by atoms with Gasteiger partial charge in [0.1, 0.15) is 12.7 Å². The van der Waals surface area contributed by atoms with E-state index in [1.807, 2.05) is 14.0 Å². The van der Waals surface area contributed by atoms with Crippen LogP contribution in [0.3, 0.4) is 0 Å². The molecule has 5 heteroatoms. The molecule has 0 saturated heterocycles. The Morgan fingerprint density at radius 3 is 2.85 bits per heavy atom. The summed E-state index contributed by atoms with van der Waals surface area (Å²) >= 11 is 0. The number of aliphatic hydroxyl groups is 1. The van der Waals surface area contributed by atoms with Gasteiger partial charge in [-0.15, -0.1) is 0 Å². The first-order chi connectivity index (χ1) is 6.20. The summed E-state index contributed by atoms with van der Waals surface area (Å²) in [6.45, 7) is 2.86. The Hall–Kier alpha value is -0.940. The van der Waals surface area contributed by atoms with E-state index in [1.165, 1.54) is 6.33 Å². The number of aryl methyl sites for hydroxylation is 1. The highest BCUT2D eigenvalue weighted by atomic mass is 16.3. The molecule has 0 spiro atoms. The monoisotopic (exact) mass is 184 g/mol. The molecule has 0 aliphatic rings. The van der Waals surface area contributed by atoms with Crippen LogP contribution in [0.5, 0.6) is 0 Å². The molecule has 5 nitrogen and oxygen atoms in total. The molecule has 0 aliphatic heterocycles. The molecule has 13 heavy (non-hydrogen) atoms. The number of nitrogens with one attached hydrogen (secondary N) is 1. The average Bonchev–Trinajstić information content (AvgIpc) is 2.67. The molecular weight excluding hydrogens is 168 g/mol. The summed E-state index contributed by atoms with van der Waals surface area (Å²) in [5, 5.41) is 16.2. The first-order valence-electron chi connectivity index (χ1n) is 4.32. The second-order valence-corrected chi connectivity index (χ2v) is 3.38. The van der Waals surface area contributed by atoms with Crippen LogP contribution in [0.15, 0.2) is 12.7 Å². The minimum Gasteiger partial charge on any atom is -0.394 e. The van der Waals surface area contributed by atoms with Gasteiger partial charge in [0.05, 0.1) is 6.61 Å². The van der Waals surface area contributed by atoms with E-state index in [1.54, 1.807) is 11.0 Å². The van der Waals surface area contributed by atoms with Crippen LogP contribution < -0.4 is 5.32 Å². The summed E-state index contributed by atoms with van der Waals surface area (Å²) < 4.78 is 1.76. The molecule has 0 aromatic carbocycles. The standard InChI is InChI=1S/C8H16N4O/c1-8(5-13,9-2)3-4-12-7-10-6-11-12/h6-7,9,13H,3-5H2,1-2H3. The van der Waals surface area contributed by atoms with Gasteiger partial charge in [0.2, 0.25) is 0 Å². The average molecular weight is 184 g/mol. The SMILES string of the molecule is CNC(C)(CO)CCn1cncn1. The fourth-order valence-corrected chi connectivity index (χ4v) is 0.993. The van der Waals surface area contributed by atoms with E-state index in [4.69, 9.17) is 5.11 Å². The van der Waals surface area contributed by atoms with Crippen molar-refractivity contribution in [3.8, 4) is 0 Å². The molecule has 1 heterocycles. The zero-order valence-corrected chi connectivity index (χ0v) is 8.06. The topological polar surface area (TPSA) is 63.0 Å². The molecule has 1 rings (SSSR count). The first-order valence-corrected chi connectivity index (χ1v) is 4.32. The van der Waals surface area contributed by atoms with Crippen LogP contribution in [-0.2, 0) is 6.54 Å². The number of hydrogen-bond donors (Lipinski definition) is 2. The summed E-state index contributed by atoms with van der Waals surface area (Å²) in [5.41, 5.74) is -0.230. The van der Waals surface area contributed by atoms with Crippen molar-refractivity contribution in [3.05, 3.63) is 12.7 Å². The quantitative estimate of drug-likeness (QED) is 0.656. The van der Waals surface area contributed by atoms with Crippen LogP contribution in [0, 0.1) is 0 Å². The molecule has 1 aromatic heterocycles. The van der Waals surface area contributed by atoms with Gasteiger partial charge in [-0.05, 0) is 20.4 Å². The number of likely N-dealkylation sites (N-methyl/N-ethyl adjacent to an activating group) is 1. The van der Waals surface area contributed by atoms with Gasteiger partial charge in [-0.3, -0.25) is 4.68 Å². The number of aliphatic hydroxyl groups excluding tert-OH is 1. The van der Waals surface area contributed by atoms with Crippen molar-refractivity contribution in [1.29, 1.82) is 0 Å². The summed E-state index contributed by atoms with van der Waals surface area (Å²) in [4.78, 5) is 3.84. The molecule has 0 bridgehead atoms. The fraction of sp³-hybridized carbons (Fsp3) is 0.750. The van der Waals surface area contributed by atoms with Gasteiger partial charge in [0, 0.05) is 12.1 Å². The van der Waals surface area contributed by atoms with Crippen LogP contribution in [0.1, 0.15) is 13.3 Å². The van der Waals surface area contributed by atoms with Crippen LogP contribution in [0.4, 0.5) is 0 Å². The number of aromatic nitrogens is 3. The van der Waals surface area contributed by atoms with E-state index in [2.05, 4.69) is 15.4 Å². The third kappa shape index (κ3) is 2.78. The summed E-state index contributed by atoms with van der Waals surface area (Å²) in [6, 6.07) is 0. The molecule has 0 radical (unpaired) electrons. The van der Waals surface area contributed by atoms with Crippen LogP contribution in [-0.4, -0.2) is 39.1 Å². The predicted molar refractivity (Wildman–Crippen MR) is 49.2 cm³/mol. The highest BCUT2D eigenvalue weighted by Crippen LogP contribution is 2.08. The molecule has 0 aliphatic carbocycles. The third-order valence-electron chi connectivity index (χ3n) is 2.31. The highest BCUT2D eigenvalue weighted by molar-refractivity contribution is 4.80. The molecule has 1 aromatic rings. The van der Waals surface area contributed by atoms with Crippen molar-refractivity contribution in [1.82, 2.24) is 20.1 Å². The maximum atomic E-state index is 9.11. The lowest BCUT2D eigenvalue weighted by Gasteiger charge is -2.26. The lowest BCUT2D eigenvalue weighted by molar-refractivity contribution is 0.167. The molecule has 0 saturated carbocycles. The van der Waals surface area contributed by atoms with Gasteiger partial charge in [-0.1, -0.05) is 0 Å². The second kappa shape index (κ2) is 4.34. The summed E-state index contributed by atoms with van der Waals surface area (Å²) in [7, 11) is 1.84. The predicted octanol–water partition coefficient (Wildman–Crippen LogP) is -0.361. The van der Waals surface area contributed by atoms with Crippen LogP contribution in [0.25, 0.3) is 0 Å². The van der Waals surface area contributed by atoms with Crippen LogP contribution >= 0.6 is 0 Å². The maximum Gasteiger partial charge on any atom is 0.137 e. The molecule has 0 amide bonds. The third-order valence-corrected chi connectivity index (χ3v) is 2.31. The summed E-state index contributed by atoms with van der Waals surface area (Å²) in [6.07, 6.45) is 4.01. The molecular formula is C8H16N4O. The molecule has 1 unspecified atom stereocenters. The smallest absolute Gasteiger partial charge is 0.137 e. The van der Waals surface area contributed by atoms with Gasteiger partial charge in [0.15, 0.2) is 0 Å². The molecule has 74 valence electrons. The van der Waals surface area contributed by atoms with Gasteiger partial charge >= 0.3 is 0 Å². The Morgan fingerprint density at radius 1 is 1.62 bits per heavy atom. The Labute approximate surface area is 77.8 Å². The number of nitrogens with zero attached hydrogens (tertiary/aromatic N) is 3. The van der Waals surface area contributed by atoms with Crippen LogP contribution in [0.2, 0.25) is 0 Å². The molecule has 2 N–H and O–H groups in total. The van der Waals surface area contributed by atoms with Gasteiger partial charge in [-0.2, -0.15) is 5.10 Å². The van der Waals surface area contributed by atoms with E-state index in [0.717, 1.165) is 13.0 Å². The van der Waals surface area contributed by atoms with Crippen molar-refractivity contribution in [3.63, 3.8) is 0 Å². The zero-order valence-electron chi connectivity index (χ0n) is 8.06. The van der Waals surface area contributed by atoms with E-state index in [0.29, 0.717) is 0 Å². The normalized spacial score (nSPS) is 15.6. The Balaban J connectivity index is 2.41. The lowest BCUT2D eigenvalue weighted by Crippen LogP contribution is -2.44. The molecule has 0 fully saturated rings. The number of rotatable bonds is 5. The minimum absolute atomic E-state index is 0.123. The van der Waals surface area contributed by atoms with E-state index in [-0.39, 0.29) is 12.1 Å². The van der Waals surface area contributed by atoms with Gasteiger partial charge < -0.3 is 10.4 Å². The molecule has 1 atom stereocenters. The van der Waals surface area contributed by atoms with Crippen molar-refractivity contribution < 1.29 is 5.11 Å². The van der Waals surface area contributed by atoms with E-state index < -0.39 is 0 Å². The highest BCUT2D eigenvalue weighted by Gasteiger charge is 2.20. The number of hydrogen-bond acceptors (Lipinski definition) is 4. The second-order valence-electron chi connectivity index (χ2n) is 3.38. The lowest BCUT2D eigenvalue weighted by atomic mass is 10.00. The van der Waals surface area contributed by atoms with Crippen molar-refractivity contribution in [2.75, 3.05) is 13.7 Å².